The van der Waals surface area contributed by atoms with E-state index in [0.717, 1.165) is 49.7 Å². The lowest BCUT2D eigenvalue weighted by Gasteiger charge is -2.50. The van der Waals surface area contributed by atoms with E-state index < -0.39 is 5.54 Å². The Labute approximate surface area is 177 Å². The van der Waals surface area contributed by atoms with Gasteiger partial charge in [-0.1, -0.05) is 56.5 Å². The predicted molar refractivity (Wildman–Crippen MR) is 115 cm³/mol. The number of rotatable bonds is 6. The van der Waals surface area contributed by atoms with Crippen LogP contribution in [-0.4, -0.2) is 28.8 Å². The van der Waals surface area contributed by atoms with Crippen LogP contribution in [0.4, 0.5) is 4.39 Å². The van der Waals surface area contributed by atoms with Crippen molar-refractivity contribution in [2.75, 3.05) is 6.54 Å². The van der Waals surface area contributed by atoms with Gasteiger partial charge in [-0.15, -0.1) is 0 Å². The van der Waals surface area contributed by atoms with Crippen LogP contribution < -0.4 is 5.32 Å². The van der Waals surface area contributed by atoms with E-state index in [4.69, 9.17) is 0 Å². The molecule has 1 spiro atoms. The Morgan fingerprint density at radius 3 is 2.53 bits per heavy atom. The van der Waals surface area contributed by atoms with E-state index in [9.17, 15) is 14.0 Å². The first-order valence-electron chi connectivity index (χ1n) is 11.0. The fourth-order valence-electron chi connectivity index (χ4n) is 5.20. The fourth-order valence-corrected chi connectivity index (χ4v) is 5.20. The summed E-state index contributed by atoms with van der Waals surface area (Å²) in [5, 5.41) is 3.07. The van der Waals surface area contributed by atoms with Crippen molar-refractivity contribution in [3.8, 4) is 0 Å². The molecule has 0 bridgehead atoms. The molecule has 0 saturated heterocycles. The maximum atomic E-state index is 13.6. The Hall–Kier alpha value is -2.69. The van der Waals surface area contributed by atoms with Crippen molar-refractivity contribution in [3.05, 3.63) is 71.0 Å². The fraction of sp³-hybridized carbons (Fsp3) is 0.440. The number of unbranched alkanes of at least 4 members (excludes halogenated alkanes) is 1. The molecule has 1 N–H and O–H groups in total. The highest BCUT2D eigenvalue weighted by Gasteiger charge is 2.55. The van der Waals surface area contributed by atoms with E-state index >= 15 is 0 Å². The summed E-state index contributed by atoms with van der Waals surface area (Å²) in [4.78, 5) is 29.0. The van der Waals surface area contributed by atoms with Crippen LogP contribution in [0.2, 0.25) is 0 Å². The number of fused-ring (bicyclic) bond motifs is 1. The molecule has 1 saturated carbocycles. The van der Waals surface area contributed by atoms with Crippen molar-refractivity contribution in [3.63, 3.8) is 0 Å². The van der Waals surface area contributed by atoms with Crippen LogP contribution in [0.3, 0.4) is 0 Å². The van der Waals surface area contributed by atoms with Crippen molar-refractivity contribution < 1.29 is 14.0 Å². The van der Waals surface area contributed by atoms with Gasteiger partial charge in [0.05, 0.1) is 11.5 Å². The number of nitrogens with zero attached hydrogens (tertiary/aromatic N) is 1. The van der Waals surface area contributed by atoms with Crippen molar-refractivity contribution in [1.29, 1.82) is 0 Å². The second-order valence-corrected chi connectivity index (χ2v) is 8.49. The summed E-state index contributed by atoms with van der Waals surface area (Å²) in [6, 6.07) is 13.7. The van der Waals surface area contributed by atoms with Gasteiger partial charge in [0.15, 0.2) is 0 Å². The molecule has 0 unspecified atom stereocenters. The van der Waals surface area contributed by atoms with E-state index in [-0.39, 0.29) is 23.5 Å². The molecule has 0 radical (unpaired) electrons. The quantitative estimate of drug-likeness (QED) is 0.747. The van der Waals surface area contributed by atoms with Gasteiger partial charge in [0.2, 0.25) is 5.91 Å². The van der Waals surface area contributed by atoms with Crippen LogP contribution in [-0.2, 0) is 11.3 Å². The molecule has 5 heteroatoms. The number of amides is 2. The van der Waals surface area contributed by atoms with Crippen LogP contribution in [0.25, 0.3) is 0 Å². The third-order valence-corrected chi connectivity index (χ3v) is 6.67. The van der Waals surface area contributed by atoms with Gasteiger partial charge in [-0.05, 0) is 48.6 Å². The maximum absolute atomic E-state index is 13.6. The highest BCUT2D eigenvalue weighted by Crippen LogP contribution is 2.50. The molecule has 4 rings (SSSR count). The molecule has 0 aromatic heterocycles. The smallest absolute Gasteiger partial charge is 0.254 e. The summed E-state index contributed by atoms with van der Waals surface area (Å²) >= 11 is 0. The van der Waals surface area contributed by atoms with Gasteiger partial charge >= 0.3 is 0 Å². The Kier molecular flexibility index (Phi) is 5.89. The first-order chi connectivity index (χ1) is 14.6. The van der Waals surface area contributed by atoms with Gasteiger partial charge in [0, 0.05) is 18.7 Å². The molecular weight excluding hydrogens is 379 g/mol. The summed E-state index contributed by atoms with van der Waals surface area (Å²) in [5.74, 6) is -0.668. The predicted octanol–water partition coefficient (Wildman–Crippen LogP) is 4.79. The number of hydrogen-bond donors (Lipinski definition) is 1. The monoisotopic (exact) mass is 408 g/mol. The van der Waals surface area contributed by atoms with Crippen LogP contribution in [0.1, 0.15) is 72.9 Å². The molecule has 2 amide bonds. The summed E-state index contributed by atoms with van der Waals surface area (Å²) in [7, 11) is 0. The van der Waals surface area contributed by atoms with Gasteiger partial charge < -0.3 is 10.2 Å². The van der Waals surface area contributed by atoms with Crippen LogP contribution in [0.5, 0.6) is 0 Å². The molecular formula is C25H29FN2O2. The zero-order chi connectivity index (χ0) is 21.1. The summed E-state index contributed by atoms with van der Waals surface area (Å²) in [6.45, 7) is 3.15. The molecule has 1 fully saturated rings. The Morgan fingerprint density at radius 1 is 1.13 bits per heavy atom. The number of carbonyl (C=O) groups is 2. The summed E-state index contributed by atoms with van der Waals surface area (Å²) in [5.41, 5.74) is 1.89. The third-order valence-electron chi connectivity index (χ3n) is 6.67. The van der Waals surface area contributed by atoms with Crippen LogP contribution in [0, 0.1) is 5.82 Å². The minimum absolute atomic E-state index is 0.0531. The molecule has 1 aliphatic heterocycles. The summed E-state index contributed by atoms with van der Waals surface area (Å²) in [6.07, 6.45) is 5.69. The minimum Gasteiger partial charge on any atom is -0.351 e. The second-order valence-electron chi connectivity index (χ2n) is 8.49. The van der Waals surface area contributed by atoms with Crippen molar-refractivity contribution in [2.45, 2.75) is 63.5 Å². The molecule has 4 nitrogen and oxygen atoms in total. The van der Waals surface area contributed by atoms with Crippen molar-refractivity contribution in [1.82, 2.24) is 10.2 Å². The van der Waals surface area contributed by atoms with Crippen LogP contribution in [0.15, 0.2) is 48.5 Å². The van der Waals surface area contributed by atoms with E-state index in [2.05, 4.69) is 12.2 Å². The topological polar surface area (TPSA) is 49.4 Å². The van der Waals surface area contributed by atoms with Crippen LogP contribution >= 0.6 is 0 Å². The average Bonchev–Trinajstić information content (AvgIpc) is 3.23. The largest absolute Gasteiger partial charge is 0.351 e. The van der Waals surface area contributed by atoms with Gasteiger partial charge in [-0.25, -0.2) is 4.39 Å². The maximum Gasteiger partial charge on any atom is 0.254 e. The van der Waals surface area contributed by atoms with Gasteiger partial charge in [0.25, 0.3) is 5.91 Å². The third kappa shape index (κ3) is 3.62. The van der Waals surface area contributed by atoms with Gasteiger partial charge in [-0.2, -0.15) is 0 Å². The first-order valence-corrected chi connectivity index (χ1v) is 11.0. The van der Waals surface area contributed by atoms with Gasteiger partial charge in [-0.3, -0.25) is 9.59 Å². The van der Waals surface area contributed by atoms with E-state index in [0.29, 0.717) is 18.7 Å². The molecule has 158 valence electrons. The van der Waals surface area contributed by atoms with Crippen molar-refractivity contribution >= 4 is 11.8 Å². The lowest BCUT2D eigenvalue weighted by molar-refractivity contribution is -0.126. The lowest BCUT2D eigenvalue weighted by Crippen LogP contribution is -2.60. The number of nitrogens with one attached hydrogen (secondary N) is 1. The van der Waals surface area contributed by atoms with Gasteiger partial charge in [0.1, 0.15) is 5.82 Å². The van der Waals surface area contributed by atoms with E-state index in [1.165, 1.54) is 12.1 Å². The second kappa shape index (κ2) is 8.58. The molecule has 1 heterocycles. The minimum atomic E-state index is -0.451. The Bertz CT molecular complexity index is 919. The normalized spacial score (nSPS) is 19.7. The molecule has 1 atom stereocenters. The first kappa shape index (κ1) is 20.6. The molecule has 1 aliphatic carbocycles. The van der Waals surface area contributed by atoms with Crippen molar-refractivity contribution in [2.24, 2.45) is 0 Å². The molecule has 2 aliphatic rings. The lowest BCUT2D eigenvalue weighted by atomic mass is 9.71. The molecule has 30 heavy (non-hydrogen) atoms. The zero-order valence-corrected chi connectivity index (χ0v) is 17.5. The number of carbonyl (C=O) groups excluding carboxylic acids is 2. The average molecular weight is 409 g/mol. The Morgan fingerprint density at radius 2 is 1.83 bits per heavy atom. The number of halogens is 1. The van der Waals surface area contributed by atoms with E-state index in [1.807, 2.05) is 29.2 Å². The summed E-state index contributed by atoms with van der Waals surface area (Å²) < 4.78 is 13.2. The highest BCUT2D eigenvalue weighted by atomic mass is 19.1. The SMILES string of the molecule is CCCCN1C(=O)c2ccccc2[C@H](C(=O)NCc2ccc(F)cc2)C12CCCC2. The number of hydrogen-bond acceptors (Lipinski definition) is 2. The molecule has 2 aromatic rings. The number of benzene rings is 2. The van der Waals surface area contributed by atoms with E-state index in [1.54, 1.807) is 12.1 Å². The molecule has 2 aromatic carbocycles. The standard InChI is InChI=1S/C25H29FN2O2/c1-2-3-16-28-24(30)21-9-5-4-8-20(21)22(25(28)14-6-7-15-25)23(29)27-17-18-10-12-19(26)13-11-18/h4-5,8-13,22H,2-3,6-7,14-17H2,1H3,(H,27,29)/t22-/m1/s1. The zero-order valence-electron chi connectivity index (χ0n) is 17.5. The highest BCUT2D eigenvalue weighted by molar-refractivity contribution is 6.02. The Balaban J connectivity index is 1.68.